The number of carboxylic acid groups (broad SMARTS) is 1. The maximum atomic E-state index is 12.2. The Bertz CT molecular complexity index is 1020. The Morgan fingerprint density at radius 3 is 2.43 bits per heavy atom. The molecule has 0 fully saturated rings. The fourth-order valence-electron chi connectivity index (χ4n) is 3.78. The number of carboxylic acids is 1. The van der Waals surface area contributed by atoms with Gasteiger partial charge in [0.2, 0.25) is 0 Å². The van der Waals surface area contributed by atoms with Crippen LogP contribution in [0.25, 0.3) is 10.9 Å². The molecule has 6 nitrogen and oxygen atoms in total. The Morgan fingerprint density at radius 1 is 1.32 bits per heavy atom. The van der Waals surface area contributed by atoms with Crippen molar-refractivity contribution in [3.8, 4) is 0 Å². The SMILES string of the molecule is C/C=C/Cn1c([C@H](CC)CC(=O)O)c(C)c2cc(S(C)(=O)=O)cc(C(C)O)c21. The molecule has 154 valence electrons. The summed E-state index contributed by atoms with van der Waals surface area (Å²) in [4.78, 5) is 11.6. The number of aliphatic hydroxyl groups is 1. The summed E-state index contributed by atoms with van der Waals surface area (Å²) >= 11 is 0. The molecule has 0 spiro atoms. The van der Waals surface area contributed by atoms with Crippen molar-refractivity contribution in [2.45, 2.75) is 64.0 Å². The Kier molecular flexibility index (Phi) is 6.72. The van der Waals surface area contributed by atoms with Gasteiger partial charge in [0.05, 0.1) is 22.9 Å². The Hall–Kier alpha value is -2.12. The summed E-state index contributed by atoms with van der Waals surface area (Å²) in [6, 6.07) is 3.16. The zero-order valence-corrected chi connectivity index (χ0v) is 17.9. The molecule has 1 unspecified atom stereocenters. The third-order valence-electron chi connectivity index (χ3n) is 5.16. The highest BCUT2D eigenvalue weighted by Crippen LogP contribution is 2.38. The number of aryl methyl sites for hydroxylation is 1. The number of allylic oxidation sites excluding steroid dienone is 2. The van der Waals surface area contributed by atoms with E-state index in [1.54, 1.807) is 13.0 Å². The minimum Gasteiger partial charge on any atom is -0.481 e. The lowest BCUT2D eigenvalue weighted by Crippen LogP contribution is -2.13. The van der Waals surface area contributed by atoms with Crippen molar-refractivity contribution in [2.24, 2.45) is 0 Å². The predicted molar refractivity (Wildman–Crippen MR) is 111 cm³/mol. The normalized spacial score (nSPS) is 14.6. The maximum Gasteiger partial charge on any atom is 0.304 e. The van der Waals surface area contributed by atoms with E-state index in [0.29, 0.717) is 18.5 Å². The molecule has 28 heavy (non-hydrogen) atoms. The number of aliphatic hydroxyl groups excluding tert-OH is 1. The van der Waals surface area contributed by atoms with E-state index in [0.717, 1.165) is 28.4 Å². The molecule has 1 heterocycles. The minimum atomic E-state index is -3.46. The van der Waals surface area contributed by atoms with Crippen LogP contribution in [0.2, 0.25) is 0 Å². The van der Waals surface area contributed by atoms with Gasteiger partial charge < -0.3 is 14.8 Å². The quantitative estimate of drug-likeness (QED) is 0.646. The number of hydrogen-bond acceptors (Lipinski definition) is 4. The van der Waals surface area contributed by atoms with Crippen molar-refractivity contribution in [1.82, 2.24) is 4.57 Å². The van der Waals surface area contributed by atoms with Crippen molar-refractivity contribution in [3.05, 3.63) is 41.1 Å². The van der Waals surface area contributed by atoms with Gasteiger partial charge in [-0.05, 0) is 44.9 Å². The van der Waals surface area contributed by atoms with Gasteiger partial charge in [0, 0.05) is 35.4 Å². The molecule has 2 aromatic rings. The molecule has 0 aliphatic carbocycles. The number of carbonyl (C=O) groups is 1. The highest BCUT2D eigenvalue weighted by Gasteiger charge is 2.26. The standard InChI is InChI=1S/C21H29NO5S/c1-6-8-9-22-20(15(7-2)10-19(24)25)13(3)17-11-16(28(5,26)27)12-18(14(4)23)21(17)22/h6,8,11-12,14-15,23H,7,9-10H2,1-5H3,(H,24,25)/b8-6+/t14?,15-/m1/s1. The highest BCUT2D eigenvalue weighted by molar-refractivity contribution is 7.90. The average Bonchev–Trinajstić information content (AvgIpc) is 2.88. The van der Waals surface area contributed by atoms with E-state index >= 15 is 0 Å². The first kappa shape index (κ1) is 22.2. The molecule has 2 rings (SSSR count). The first-order valence-electron chi connectivity index (χ1n) is 9.40. The maximum absolute atomic E-state index is 12.2. The highest BCUT2D eigenvalue weighted by atomic mass is 32.2. The number of nitrogens with zero attached hydrogens (tertiary/aromatic N) is 1. The smallest absolute Gasteiger partial charge is 0.304 e. The van der Waals surface area contributed by atoms with Gasteiger partial charge in [-0.25, -0.2) is 8.42 Å². The van der Waals surface area contributed by atoms with Gasteiger partial charge in [-0.3, -0.25) is 4.79 Å². The van der Waals surface area contributed by atoms with Crippen molar-refractivity contribution in [2.75, 3.05) is 6.26 Å². The Labute approximate surface area is 166 Å². The van der Waals surface area contributed by atoms with Gasteiger partial charge in [-0.1, -0.05) is 19.1 Å². The van der Waals surface area contributed by atoms with Crippen molar-refractivity contribution in [3.63, 3.8) is 0 Å². The minimum absolute atomic E-state index is 0.00749. The largest absolute Gasteiger partial charge is 0.481 e. The molecule has 0 aliphatic rings. The van der Waals surface area contributed by atoms with Crippen LogP contribution in [0.5, 0.6) is 0 Å². The molecule has 1 aromatic carbocycles. The molecule has 0 amide bonds. The zero-order valence-electron chi connectivity index (χ0n) is 17.1. The number of sulfone groups is 1. The third-order valence-corrected chi connectivity index (χ3v) is 6.26. The van der Waals surface area contributed by atoms with Gasteiger partial charge in [0.15, 0.2) is 9.84 Å². The Morgan fingerprint density at radius 2 is 1.96 bits per heavy atom. The van der Waals surface area contributed by atoms with Crippen molar-refractivity contribution < 1.29 is 23.4 Å². The number of fused-ring (bicyclic) bond motifs is 1. The van der Waals surface area contributed by atoms with Crippen molar-refractivity contribution in [1.29, 1.82) is 0 Å². The number of aromatic nitrogens is 1. The summed E-state index contributed by atoms with van der Waals surface area (Å²) in [5.41, 5.74) is 3.03. The van der Waals surface area contributed by atoms with Gasteiger partial charge in [0.1, 0.15) is 0 Å². The zero-order chi connectivity index (χ0) is 21.2. The van der Waals surface area contributed by atoms with E-state index in [2.05, 4.69) is 0 Å². The van der Waals surface area contributed by atoms with Gasteiger partial charge in [-0.15, -0.1) is 0 Å². The number of rotatable bonds is 8. The second-order valence-corrected chi connectivity index (χ2v) is 9.27. The monoisotopic (exact) mass is 407 g/mol. The molecule has 7 heteroatoms. The summed E-state index contributed by atoms with van der Waals surface area (Å²) in [5, 5.41) is 20.5. The van der Waals surface area contributed by atoms with Crippen LogP contribution < -0.4 is 0 Å². The van der Waals surface area contributed by atoms with Crippen LogP contribution in [-0.2, 0) is 21.2 Å². The molecule has 0 radical (unpaired) electrons. The lowest BCUT2D eigenvalue weighted by Gasteiger charge is -2.19. The molecule has 2 N–H and O–H groups in total. The number of hydrogen-bond donors (Lipinski definition) is 2. The fourth-order valence-corrected chi connectivity index (χ4v) is 4.46. The molecule has 0 saturated heterocycles. The summed E-state index contributed by atoms with van der Waals surface area (Å²) < 4.78 is 26.4. The summed E-state index contributed by atoms with van der Waals surface area (Å²) in [6.07, 6.45) is 4.79. The molecule has 0 aliphatic heterocycles. The second kappa shape index (κ2) is 8.49. The topological polar surface area (TPSA) is 96.6 Å². The van der Waals surface area contributed by atoms with Crippen LogP contribution in [0.4, 0.5) is 0 Å². The van der Waals surface area contributed by atoms with Crippen LogP contribution in [0.1, 0.15) is 62.5 Å². The van der Waals surface area contributed by atoms with Crippen LogP contribution >= 0.6 is 0 Å². The first-order valence-corrected chi connectivity index (χ1v) is 11.3. The van der Waals surface area contributed by atoms with E-state index in [4.69, 9.17) is 0 Å². The average molecular weight is 408 g/mol. The Balaban J connectivity index is 2.98. The molecule has 0 bridgehead atoms. The summed E-state index contributed by atoms with van der Waals surface area (Å²) in [6.45, 7) is 7.88. The molecule has 0 saturated carbocycles. The van der Waals surface area contributed by atoms with Crippen LogP contribution in [0.15, 0.2) is 29.2 Å². The van der Waals surface area contributed by atoms with E-state index < -0.39 is 21.9 Å². The third kappa shape index (κ3) is 4.31. The predicted octanol–water partition coefficient (Wildman–Crippen LogP) is 3.95. The lowest BCUT2D eigenvalue weighted by molar-refractivity contribution is -0.137. The fraction of sp³-hybridized carbons (Fsp3) is 0.476. The van der Waals surface area contributed by atoms with Crippen LogP contribution in [0, 0.1) is 6.92 Å². The van der Waals surface area contributed by atoms with Gasteiger partial charge in [-0.2, -0.15) is 0 Å². The van der Waals surface area contributed by atoms with E-state index in [1.807, 2.05) is 37.5 Å². The molecular formula is C21H29NO5S. The summed E-state index contributed by atoms with van der Waals surface area (Å²) in [7, 11) is -3.46. The second-order valence-electron chi connectivity index (χ2n) is 7.25. The lowest BCUT2D eigenvalue weighted by atomic mass is 9.95. The number of aliphatic carboxylic acids is 1. The van der Waals surface area contributed by atoms with Crippen LogP contribution in [0.3, 0.4) is 0 Å². The van der Waals surface area contributed by atoms with Crippen LogP contribution in [-0.4, -0.2) is 35.4 Å². The van der Waals surface area contributed by atoms with E-state index in [1.165, 1.54) is 6.07 Å². The molecule has 1 aromatic heterocycles. The summed E-state index contributed by atoms with van der Waals surface area (Å²) in [5.74, 6) is -1.08. The van der Waals surface area contributed by atoms with Crippen molar-refractivity contribution >= 4 is 26.7 Å². The van der Waals surface area contributed by atoms with Gasteiger partial charge in [0.25, 0.3) is 0 Å². The number of benzene rings is 1. The van der Waals surface area contributed by atoms with E-state index in [-0.39, 0.29) is 17.2 Å². The molecule has 2 atom stereocenters. The van der Waals surface area contributed by atoms with E-state index in [9.17, 15) is 23.4 Å². The van der Waals surface area contributed by atoms with Gasteiger partial charge >= 0.3 is 5.97 Å². The molecular weight excluding hydrogens is 378 g/mol. The first-order chi connectivity index (χ1) is 13.0.